The second kappa shape index (κ2) is 4.20. The van der Waals surface area contributed by atoms with Gasteiger partial charge in [-0.05, 0) is 19.1 Å². The average Bonchev–Trinajstić information content (AvgIpc) is 3.02. The lowest BCUT2D eigenvalue weighted by Gasteiger charge is -2.06. The molecule has 2 rings (SSSR count). The summed E-state index contributed by atoms with van der Waals surface area (Å²) in [5.41, 5.74) is 2.11. The van der Waals surface area contributed by atoms with Crippen LogP contribution in [0.25, 0.3) is 0 Å². The van der Waals surface area contributed by atoms with Crippen LogP contribution in [0.2, 0.25) is 0 Å². The van der Waals surface area contributed by atoms with Crippen molar-refractivity contribution in [1.82, 2.24) is 9.88 Å². The minimum atomic E-state index is -0.676. The maximum Gasteiger partial charge on any atom is 0.230 e. The third kappa shape index (κ3) is 2.30. The van der Waals surface area contributed by atoms with Gasteiger partial charge in [-0.3, -0.25) is 14.9 Å². The standard InChI is InChI=1S/C11H15N3O3/c1-7-3-4-8(13(7)2)6-12-11(15)9-5-10(9)14(16)17/h3-4,9-10H,5-6H2,1-2H3,(H,12,15). The number of nitrogens with zero attached hydrogens (tertiary/aromatic N) is 2. The van der Waals surface area contributed by atoms with Crippen LogP contribution in [0.1, 0.15) is 17.8 Å². The van der Waals surface area contributed by atoms with Gasteiger partial charge in [0.05, 0.1) is 6.54 Å². The molecule has 17 heavy (non-hydrogen) atoms. The molecule has 1 heterocycles. The second-order valence-electron chi connectivity index (χ2n) is 4.44. The molecule has 1 aromatic rings. The van der Waals surface area contributed by atoms with Crippen LogP contribution < -0.4 is 5.32 Å². The molecule has 1 saturated carbocycles. The SMILES string of the molecule is Cc1ccc(CNC(=O)C2CC2[N+](=O)[O-])n1C. The van der Waals surface area contributed by atoms with Crippen molar-refractivity contribution in [2.45, 2.75) is 25.9 Å². The summed E-state index contributed by atoms with van der Waals surface area (Å²) in [5.74, 6) is -0.656. The molecule has 2 atom stereocenters. The number of nitrogens with one attached hydrogen (secondary N) is 1. The van der Waals surface area contributed by atoms with E-state index in [0.29, 0.717) is 13.0 Å². The molecule has 0 aromatic carbocycles. The highest BCUT2D eigenvalue weighted by atomic mass is 16.6. The van der Waals surface area contributed by atoms with E-state index < -0.39 is 12.0 Å². The van der Waals surface area contributed by atoms with E-state index >= 15 is 0 Å². The lowest BCUT2D eigenvalue weighted by molar-refractivity contribution is -0.497. The van der Waals surface area contributed by atoms with Crippen LogP contribution in [0.3, 0.4) is 0 Å². The van der Waals surface area contributed by atoms with E-state index in [1.54, 1.807) is 0 Å². The Morgan fingerprint density at radius 3 is 2.82 bits per heavy atom. The molecule has 6 heteroatoms. The topological polar surface area (TPSA) is 77.2 Å². The van der Waals surface area contributed by atoms with Crippen molar-refractivity contribution in [2.75, 3.05) is 0 Å². The zero-order chi connectivity index (χ0) is 12.6. The molecule has 0 saturated heterocycles. The smallest absolute Gasteiger partial charge is 0.230 e. The summed E-state index contributed by atoms with van der Waals surface area (Å²) >= 11 is 0. The van der Waals surface area contributed by atoms with Gasteiger partial charge in [0.1, 0.15) is 5.92 Å². The Balaban J connectivity index is 1.85. The largest absolute Gasteiger partial charge is 0.350 e. The molecule has 1 aliphatic rings. The fourth-order valence-electron chi connectivity index (χ4n) is 1.85. The average molecular weight is 237 g/mol. The van der Waals surface area contributed by atoms with Crippen LogP contribution in [-0.4, -0.2) is 21.4 Å². The van der Waals surface area contributed by atoms with E-state index in [9.17, 15) is 14.9 Å². The first-order valence-electron chi connectivity index (χ1n) is 5.53. The number of hydrogen-bond donors (Lipinski definition) is 1. The fraction of sp³-hybridized carbons (Fsp3) is 0.545. The summed E-state index contributed by atoms with van der Waals surface area (Å²) < 4.78 is 1.98. The van der Waals surface area contributed by atoms with E-state index in [-0.39, 0.29) is 10.8 Å². The van der Waals surface area contributed by atoms with E-state index in [1.807, 2.05) is 30.7 Å². The zero-order valence-corrected chi connectivity index (χ0v) is 9.84. The predicted molar refractivity (Wildman–Crippen MR) is 60.9 cm³/mol. The number of nitro groups is 1. The minimum absolute atomic E-state index is 0.217. The van der Waals surface area contributed by atoms with Crippen LogP contribution in [0.5, 0.6) is 0 Å². The Bertz CT molecular complexity index is 467. The zero-order valence-electron chi connectivity index (χ0n) is 9.84. The first-order valence-corrected chi connectivity index (χ1v) is 5.53. The van der Waals surface area contributed by atoms with E-state index in [4.69, 9.17) is 0 Å². The van der Waals surface area contributed by atoms with Gasteiger partial charge in [-0.15, -0.1) is 0 Å². The van der Waals surface area contributed by atoms with Crippen LogP contribution in [-0.2, 0) is 18.4 Å². The van der Waals surface area contributed by atoms with Crippen molar-refractivity contribution in [3.63, 3.8) is 0 Å². The lowest BCUT2D eigenvalue weighted by Crippen LogP contribution is -2.27. The third-order valence-electron chi connectivity index (χ3n) is 3.28. The monoisotopic (exact) mass is 237 g/mol. The number of carbonyl (C=O) groups is 1. The predicted octanol–water partition coefficient (Wildman–Crippen LogP) is 0.615. The Morgan fingerprint density at radius 2 is 2.35 bits per heavy atom. The van der Waals surface area contributed by atoms with Gasteiger partial charge < -0.3 is 9.88 Å². The number of hydrogen-bond acceptors (Lipinski definition) is 3. The van der Waals surface area contributed by atoms with Crippen LogP contribution in [0.15, 0.2) is 12.1 Å². The van der Waals surface area contributed by atoms with Gasteiger partial charge in [0, 0.05) is 29.8 Å². The summed E-state index contributed by atoms with van der Waals surface area (Å²) in [4.78, 5) is 21.6. The van der Waals surface area contributed by atoms with Gasteiger partial charge in [-0.2, -0.15) is 0 Å². The number of aromatic nitrogens is 1. The molecule has 92 valence electrons. The summed E-state index contributed by atoms with van der Waals surface area (Å²) in [6.07, 6.45) is 0.366. The van der Waals surface area contributed by atoms with E-state index in [1.165, 1.54) is 0 Å². The van der Waals surface area contributed by atoms with Gasteiger partial charge in [0.25, 0.3) is 0 Å². The summed E-state index contributed by atoms with van der Waals surface area (Å²) in [6.45, 7) is 2.40. The molecule has 2 unspecified atom stereocenters. The summed E-state index contributed by atoms with van der Waals surface area (Å²) in [7, 11) is 1.92. The van der Waals surface area contributed by atoms with Gasteiger partial charge in [0.15, 0.2) is 0 Å². The Labute approximate surface area is 98.8 Å². The minimum Gasteiger partial charge on any atom is -0.350 e. The van der Waals surface area contributed by atoms with Crippen molar-refractivity contribution in [3.8, 4) is 0 Å². The van der Waals surface area contributed by atoms with Gasteiger partial charge in [0.2, 0.25) is 11.9 Å². The van der Waals surface area contributed by atoms with Crippen molar-refractivity contribution < 1.29 is 9.72 Å². The maximum atomic E-state index is 11.6. The van der Waals surface area contributed by atoms with Crippen molar-refractivity contribution in [3.05, 3.63) is 33.6 Å². The molecule has 1 amide bonds. The Morgan fingerprint density at radius 1 is 1.65 bits per heavy atom. The molecule has 0 radical (unpaired) electrons. The highest BCUT2D eigenvalue weighted by Gasteiger charge is 2.53. The Kier molecular flexibility index (Phi) is 2.87. The fourth-order valence-corrected chi connectivity index (χ4v) is 1.85. The van der Waals surface area contributed by atoms with E-state index in [2.05, 4.69) is 5.32 Å². The summed E-state index contributed by atoms with van der Waals surface area (Å²) in [5, 5.41) is 13.2. The van der Waals surface area contributed by atoms with Crippen molar-refractivity contribution in [2.24, 2.45) is 13.0 Å². The lowest BCUT2D eigenvalue weighted by atomic mass is 10.3. The normalized spacial score (nSPS) is 22.2. The maximum absolute atomic E-state index is 11.6. The molecule has 1 N–H and O–H groups in total. The quantitative estimate of drug-likeness (QED) is 0.615. The molecule has 1 aliphatic carbocycles. The molecule has 1 fully saturated rings. The highest BCUT2D eigenvalue weighted by Crippen LogP contribution is 2.33. The Hall–Kier alpha value is -1.85. The molecule has 0 aliphatic heterocycles. The van der Waals surface area contributed by atoms with Crippen LogP contribution in [0.4, 0.5) is 0 Å². The second-order valence-corrected chi connectivity index (χ2v) is 4.44. The third-order valence-corrected chi connectivity index (χ3v) is 3.28. The van der Waals surface area contributed by atoms with Crippen molar-refractivity contribution in [1.29, 1.82) is 0 Å². The first-order chi connectivity index (χ1) is 8.00. The summed E-state index contributed by atoms with van der Waals surface area (Å²) in [6, 6.07) is 3.23. The molecule has 0 bridgehead atoms. The van der Waals surface area contributed by atoms with Crippen LogP contribution >= 0.6 is 0 Å². The van der Waals surface area contributed by atoms with Gasteiger partial charge >= 0.3 is 0 Å². The van der Waals surface area contributed by atoms with Gasteiger partial charge in [-0.1, -0.05) is 0 Å². The first kappa shape index (κ1) is 11.6. The number of carbonyl (C=O) groups excluding carboxylic acids is 1. The van der Waals surface area contributed by atoms with Gasteiger partial charge in [-0.25, -0.2) is 0 Å². The van der Waals surface area contributed by atoms with E-state index in [0.717, 1.165) is 11.4 Å². The number of rotatable bonds is 4. The van der Waals surface area contributed by atoms with Crippen LogP contribution in [0, 0.1) is 23.0 Å². The van der Waals surface area contributed by atoms with Crippen molar-refractivity contribution >= 4 is 5.91 Å². The molecule has 0 spiro atoms. The number of amides is 1. The molecular formula is C11H15N3O3. The molecule has 1 aromatic heterocycles. The molecular weight excluding hydrogens is 222 g/mol. The highest BCUT2D eigenvalue weighted by molar-refractivity contribution is 5.81. The number of aryl methyl sites for hydroxylation is 1. The molecule has 6 nitrogen and oxygen atoms in total.